The molecule has 1 heterocycles. The van der Waals surface area contributed by atoms with Crippen LogP contribution in [0.2, 0.25) is 0 Å². The molecule has 0 aliphatic carbocycles. The van der Waals surface area contributed by atoms with Crippen molar-refractivity contribution >= 4 is 17.7 Å². The minimum Gasteiger partial charge on any atom is -0.486 e. The first-order valence-corrected chi connectivity index (χ1v) is 8.45. The quantitative estimate of drug-likeness (QED) is 0.546. The zero-order valence-corrected chi connectivity index (χ0v) is 14.4. The molecule has 1 aromatic carbocycles. The number of aromatic nitrogens is 3. The van der Waals surface area contributed by atoms with E-state index < -0.39 is 0 Å². The fourth-order valence-electron chi connectivity index (χ4n) is 1.91. The van der Waals surface area contributed by atoms with Gasteiger partial charge in [-0.2, -0.15) is 0 Å². The normalized spacial score (nSPS) is 10.6. The van der Waals surface area contributed by atoms with Crippen molar-refractivity contribution < 1.29 is 14.3 Å². The first-order valence-electron chi connectivity index (χ1n) is 7.46. The van der Waals surface area contributed by atoms with Crippen LogP contribution in [0, 0.1) is 6.92 Å². The summed E-state index contributed by atoms with van der Waals surface area (Å²) in [5.74, 6) is 1.98. The van der Waals surface area contributed by atoms with E-state index in [4.69, 9.17) is 9.47 Å². The topological polar surface area (TPSA) is 66.2 Å². The lowest BCUT2D eigenvalue weighted by Gasteiger charge is -2.07. The van der Waals surface area contributed by atoms with E-state index in [2.05, 4.69) is 10.2 Å². The molecule has 0 amide bonds. The molecular weight excluding hydrogens is 314 g/mol. The lowest BCUT2D eigenvalue weighted by atomic mass is 10.2. The lowest BCUT2D eigenvalue weighted by Crippen LogP contribution is -2.06. The Morgan fingerprint density at radius 2 is 2.17 bits per heavy atom. The minimum absolute atomic E-state index is 0.190. The fraction of sp³-hybridized carbons (Fsp3) is 0.438. The fourth-order valence-corrected chi connectivity index (χ4v) is 2.76. The SMILES string of the molecule is CCOC(=O)CCSc1nnc(COc2cccc(C)c2)n1C. The molecule has 0 fully saturated rings. The van der Waals surface area contributed by atoms with Gasteiger partial charge in [0.15, 0.2) is 11.0 Å². The van der Waals surface area contributed by atoms with Crippen LogP contribution in [-0.4, -0.2) is 33.1 Å². The van der Waals surface area contributed by atoms with Crippen LogP contribution in [0.15, 0.2) is 29.4 Å². The molecular formula is C16H21N3O3S. The van der Waals surface area contributed by atoms with Crippen LogP contribution in [0.3, 0.4) is 0 Å². The molecule has 0 bridgehead atoms. The Labute approximate surface area is 140 Å². The van der Waals surface area contributed by atoms with Crippen molar-refractivity contribution in [3.63, 3.8) is 0 Å². The number of aryl methyl sites for hydroxylation is 1. The third-order valence-electron chi connectivity index (χ3n) is 3.13. The summed E-state index contributed by atoms with van der Waals surface area (Å²) in [6.07, 6.45) is 0.362. The summed E-state index contributed by atoms with van der Waals surface area (Å²) in [5.41, 5.74) is 1.15. The summed E-state index contributed by atoms with van der Waals surface area (Å²) >= 11 is 1.48. The van der Waals surface area contributed by atoms with Gasteiger partial charge in [-0.05, 0) is 31.5 Å². The molecule has 0 N–H and O–H groups in total. The summed E-state index contributed by atoms with van der Waals surface area (Å²) in [5, 5.41) is 9.03. The molecule has 23 heavy (non-hydrogen) atoms. The van der Waals surface area contributed by atoms with Gasteiger partial charge in [0.1, 0.15) is 12.4 Å². The molecule has 0 aliphatic heterocycles. The highest BCUT2D eigenvalue weighted by Crippen LogP contribution is 2.18. The Hall–Kier alpha value is -2.02. The van der Waals surface area contributed by atoms with Crippen LogP contribution in [0.25, 0.3) is 0 Å². The average molecular weight is 335 g/mol. The predicted octanol–water partition coefficient (Wildman–Crippen LogP) is 2.75. The number of hydrogen-bond donors (Lipinski definition) is 0. The molecule has 0 aliphatic rings. The highest BCUT2D eigenvalue weighted by atomic mass is 32.2. The van der Waals surface area contributed by atoms with Gasteiger partial charge >= 0.3 is 5.97 Å². The highest BCUT2D eigenvalue weighted by molar-refractivity contribution is 7.99. The monoisotopic (exact) mass is 335 g/mol. The maximum Gasteiger partial charge on any atom is 0.306 e. The summed E-state index contributed by atoms with van der Waals surface area (Å²) in [6.45, 7) is 4.58. The van der Waals surface area contributed by atoms with Gasteiger partial charge in [-0.3, -0.25) is 4.79 Å². The molecule has 0 saturated carbocycles. The van der Waals surface area contributed by atoms with Crippen LogP contribution < -0.4 is 4.74 Å². The summed E-state index contributed by atoms with van der Waals surface area (Å²) in [6, 6.07) is 7.87. The smallest absolute Gasteiger partial charge is 0.306 e. The van der Waals surface area contributed by atoms with Gasteiger partial charge in [-0.1, -0.05) is 23.9 Å². The van der Waals surface area contributed by atoms with Crippen molar-refractivity contribution in [2.24, 2.45) is 7.05 Å². The Balaban J connectivity index is 1.85. The second-order valence-corrected chi connectivity index (χ2v) is 6.03. The van der Waals surface area contributed by atoms with Crippen LogP contribution in [0.5, 0.6) is 5.75 Å². The van der Waals surface area contributed by atoms with Gasteiger partial charge in [-0.25, -0.2) is 0 Å². The van der Waals surface area contributed by atoms with Crippen molar-refractivity contribution in [3.8, 4) is 5.75 Å². The molecule has 124 valence electrons. The minimum atomic E-state index is -0.190. The number of carbonyl (C=O) groups is 1. The second kappa shape index (κ2) is 8.57. The number of thioether (sulfide) groups is 1. The van der Waals surface area contributed by atoms with Crippen LogP contribution in [0.1, 0.15) is 24.7 Å². The number of carbonyl (C=O) groups excluding carboxylic acids is 1. The summed E-state index contributed by atoms with van der Waals surface area (Å²) in [4.78, 5) is 11.3. The van der Waals surface area contributed by atoms with E-state index in [0.29, 0.717) is 25.4 Å². The third kappa shape index (κ3) is 5.28. The maximum atomic E-state index is 11.3. The molecule has 0 spiro atoms. The Morgan fingerprint density at radius 1 is 1.35 bits per heavy atom. The molecule has 6 nitrogen and oxygen atoms in total. The van der Waals surface area contributed by atoms with Gasteiger partial charge in [0.25, 0.3) is 0 Å². The Kier molecular flexibility index (Phi) is 6.46. The Bertz CT molecular complexity index is 658. The molecule has 0 saturated heterocycles. The molecule has 0 atom stereocenters. The van der Waals surface area contributed by atoms with Crippen molar-refractivity contribution in [2.45, 2.75) is 32.0 Å². The van der Waals surface area contributed by atoms with Crippen molar-refractivity contribution in [1.29, 1.82) is 0 Å². The highest BCUT2D eigenvalue weighted by Gasteiger charge is 2.11. The molecule has 0 unspecified atom stereocenters. The Morgan fingerprint density at radius 3 is 2.91 bits per heavy atom. The van der Waals surface area contributed by atoms with Crippen LogP contribution >= 0.6 is 11.8 Å². The number of rotatable bonds is 8. The van der Waals surface area contributed by atoms with Gasteiger partial charge in [-0.15, -0.1) is 10.2 Å². The molecule has 2 aromatic rings. The van der Waals surface area contributed by atoms with E-state index in [1.54, 1.807) is 6.92 Å². The maximum absolute atomic E-state index is 11.3. The van der Waals surface area contributed by atoms with Gasteiger partial charge in [0.05, 0.1) is 13.0 Å². The van der Waals surface area contributed by atoms with E-state index in [-0.39, 0.29) is 5.97 Å². The average Bonchev–Trinajstić information content (AvgIpc) is 2.86. The standard InChI is InChI=1S/C16H21N3O3S/c1-4-21-15(20)8-9-23-16-18-17-14(19(16)3)11-22-13-7-5-6-12(2)10-13/h5-7,10H,4,8-9,11H2,1-3H3. The largest absolute Gasteiger partial charge is 0.486 e. The first kappa shape index (κ1) is 17.3. The van der Waals surface area contributed by atoms with Crippen molar-refractivity contribution in [2.75, 3.05) is 12.4 Å². The number of benzene rings is 1. The summed E-state index contributed by atoms with van der Waals surface area (Å²) in [7, 11) is 1.89. The van der Waals surface area contributed by atoms with Gasteiger partial charge in [0, 0.05) is 12.8 Å². The second-order valence-electron chi connectivity index (χ2n) is 4.97. The van der Waals surface area contributed by atoms with E-state index in [1.807, 2.05) is 42.8 Å². The van der Waals surface area contributed by atoms with E-state index in [0.717, 1.165) is 22.3 Å². The van der Waals surface area contributed by atoms with E-state index >= 15 is 0 Å². The molecule has 2 rings (SSSR count). The number of ether oxygens (including phenoxy) is 2. The number of nitrogens with zero attached hydrogens (tertiary/aromatic N) is 3. The number of esters is 1. The molecule has 0 radical (unpaired) electrons. The van der Waals surface area contributed by atoms with E-state index in [1.165, 1.54) is 11.8 Å². The predicted molar refractivity (Wildman–Crippen MR) is 88.5 cm³/mol. The van der Waals surface area contributed by atoms with E-state index in [9.17, 15) is 4.79 Å². The summed E-state index contributed by atoms with van der Waals surface area (Å²) < 4.78 is 12.5. The van der Waals surface area contributed by atoms with Crippen molar-refractivity contribution in [3.05, 3.63) is 35.7 Å². The van der Waals surface area contributed by atoms with Gasteiger partial charge in [0.2, 0.25) is 0 Å². The van der Waals surface area contributed by atoms with Crippen molar-refractivity contribution in [1.82, 2.24) is 14.8 Å². The third-order valence-corrected chi connectivity index (χ3v) is 4.15. The first-order chi connectivity index (χ1) is 11.1. The van der Waals surface area contributed by atoms with Crippen LogP contribution in [-0.2, 0) is 23.2 Å². The molecule has 1 aromatic heterocycles. The van der Waals surface area contributed by atoms with Crippen LogP contribution in [0.4, 0.5) is 0 Å². The zero-order chi connectivity index (χ0) is 16.7. The molecule has 7 heteroatoms. The van der Waals surface area contributed by atoms with Gasteiger partial charge < -0.3 is 14.0 Å². The number of hydrogen-bond acceptors (Lipinski definition) is 6. The zero-order valence-electron chi connectivity index (χ0n) is 13.6. The lowest BCUT2D eigenvalue weighted by molar-refractivity contribution is -0.142.